The van der Waals surface area contributed by atoms with E-state index in [9.17, 15) is 0 Å². The Kier molecular flexibility index (Phi) is 3.61. The second kappa shape index (κ2) is 4.79. The Morgan fingerprint density at radius 2 is 1.58 bits per heavy atom. The molecule has 1 aromatic rings. The van der Waals surface area contributed by atoms with E-state index in [4.69, 9.17) is 0 Å². The molecule has 0 saturated carbocycles. The number of rotatable bonds is 2. The summed E-state index contributed by atoms with van der Waals surface area (Å²) < 4.78 is 0. The van der Waals surface area contributed by atoms with Crippen LogP contribution >= 0.6 is 0 Å². The van der Waals surface area contributed by atoms with E-state index in [0.29, 0.717) is 0 Å². The van der Waals surface area contributed by atoms with Crippen molar-refractivity contribution in [1.82, 2.24) is 0 Å². The van der Waals surface area contributed by atoms with Crippen LogP contribution in [0, 0.1) is 12.3 Å². The minimum absolute atomic E-state index is 0.261. The monoisotopic (exact) mass is 270 g/mol. The summed E-state index contributed by atoms with van der Waals surface area (Å²) in [5, 5.41) is 3.27. The van der Waals surface area contributed by atoms with Crippen molar-refractivity contribution in [1.29, 1.82) is 0 Å². The molecule has 1 aromatic carbocycles. The quantitative estimate of drug-likeness (QED) is 0.680. The van der Waals surface area contributed by atoms with E-state index in [0.717, 1.165) is 6.42 Å². The number of hydrogen-bond acceptors (Lipinski definition) is 0. The number of hydrogen-bond donors (Lipinski definition) is 0. The number of benzene rings is 1. The van der Waals surface area contributed by atoms with Gasteiger partial charge in [0.1, 0.15) is 8.07 Å². The summed E-state index contributed by atoms with van der Waals surface area (Å²) in [6.45, 7) is 14.1. The van der Waals surface area contributed by atoms with Gasteiger partial charge >= 0.3 is 0 Å². The van der Waals surface area contributed by atoms with Crippen LogP contribution in [0.5, 0.6) is 0 Å². The van der Waals surface area contributed by atoms with E-state index >= 15 is 0 Å². The van der Waals surface area contributed by atoms with Crippen LogP contribution in [0.15, 0.2) is 47.2 Å². The first-order valence-corrected chi connectivity index (χ1v) is 10.2. The highest BCUT2D eigenvalue weighted by Crippen LogP contribution is 2.38. The molecule has 19 heavy (non-hydrogen) atoms. The first kappa shape index (κ1) is 14.3. The van der Waals surface area contributed by atoms with Crippen LogP contribution in [-0.2, 0) is 0 Å². The van der Waals surface area contributed by atoms with Crippen molar-refractivity contribution >= 4 is 13.3 Å². The van der Waals surface area contributed by atoms with Crippen molar-refractivity contribution in [3.05, 3.63) is 52.8 Å². The summed E-state index contributed by atoms with van der Waals surface area (Å²) in [4.78, 5) is 0. The Bertz CT molecular complexity index is 522. The van der Waals surface area contributed by atoms with E-state index < -0.39 is 8.07 Å². The van der Waals surface area contributed by atoms with Gasteiger partial charge in [0.2, 0.25) is 0 Å². The maximum Gasteiger partial charge on any atom is 0.108 e. The summed E-state index contributed by atoms with van der Waals surface area (Å²) in [6.07, 6.45) is 5.86. The first-order valence-electron chi connectivity index (χ1n) is 7.21. The second-order valence-corrected chi connectivity index (χ2v) is 11.7. The van der Waals surface area contributed by atoms with Crippen molar-refractivity contribution in [3.63, 3.8) is 0 Å². The molecule has 2 rings (SSSR count). The summed E-state index contributed by atoms with van der Waals surface area (Å²) in [5.41, 5.74) is 3.19. The molecule has 0 unspecified atom stereocenters. The lowest BCUT2D eigenvalue weighted by Crippen LogP contribution is -2.44. The van der Waals surface area contributed by atoms with Gasteiger partial charge in [0.05, 0.1) is 0 Å². The van der Waals surface area contributed by atoms with Crippen molar-refractivity contribution in [2.24, 2.45) is 5.41 Å². The SMILES string of the molecule is Cc1ccc([Si](C)(C)C2=C(C(C)(C)C)C=CC2)cc1. The average Bonchev–Trinajstić information content (AvgIpc) is 2.78. The fourth-order valence-corrected chi connectivity index (χ4v) is 6.05. The molecule has 0 heterocycles. The topological polar surface area (TPSA) is 0 Å². The van der Waals surface area contributed by atoms with Crippen LogP contribution in [0.25, 0.3) is 0 Å². The smallest absolute Gasteiger partial charge is 0.0805 e. The number of aryl methyl sites for hydroxylation is 1. The molecule has 0 N–H and O–H groups in total. The molecule has 1 aliphatic carbocycles. The van der Waals surface area contributed by atoms with Gasteiger partial charge in [-0.15, -0.1) is 0 Å². The fraction of sp³-hybridized carbons (Fsp3) is 0.444. The second-order valence-electron chi connectivity index (χ2n) is 7.24. The maximum absolute atomic E-state index is 2.49. The molecule has 0 spiro atoms. The third-order valence-corrected chi connectivity index (χ3v) is 8.03. The van der Waals surface area contributed by atoms with Crippen molar-refractivity contribution < 1.29 is 0 Å². The van der Waals surface area contributed by atoms with Crippen LogP contribution in [0.1, 0.15) is 32.8 Å². The molecule has 0 aliphatic heterocycles. The van der Waals surface area contributed by atoms with Gasteiger partial charge in [0.15, 0.2) is 0 Å². The predicted octanol–water partition coefficient (Wildman–Crippen LogP) is 4.75. The summed E-state index contributed by atoms with van der Waals surface area (Å²) in [7, 11) is -1.53. The maximum atomic E-state index is 2.49. The van der Waals surface area contributed by atoms with Crippen molar-refractivity contribution in [2.75, 3.05) is 0 Å². The van der Waals surface area contributed by atoms with E-state index in [-0.39, 0.29) is 5.41 Å². The van der Waals surface area contributed by atoms with E-state index in [1.165, 1.54) is 5.56 Å². The molecule has 0 aromatic heterocycles. The zero-order valence-corrected chi connectivity index (χ0v) is 14.2. The van der Waals surface area contributed by atoms with Gasteiger partial charge in [-0.3, -0.25) is 0 Å². The zero-order valence-electron chi connectivity index (χ0n) is 13.2. The van der Waals surface area contributed by atoms with Gasteiger partial charge in [-0.2, -0.15) is 0 Å². The average molecular weight is 270 g/mol. The molecule has 0 nitrogen and oxygen atoms in total. The molecule has 102 valence electrons. The summed E-state index contributed by atoms with van der Waals surface area (Å²) >= 11 is 0. The minimum atomic E-state index is -1.53. The van der Waals surface area contributed by atoms with Gasteiger partial charge in [0.25, 0.3) is 0 Å². The van der Waals surface area contributed by atoms with Crippen LogP contribution in [0.4, 0.5) is 0 Å². The Balaban J connectivity index is 2.48. The molecule has 1 aliphatic rings. The lowest BCUT2D eigenvalue weighted by molar-refractivity contribution is 0.516. The molecule has 0 amide bonds. The molecule has 1 heteroatoms. The molecule has 0 saturated heterocycles. The van der Waals surface area contributed by atoms with Crippen molar-refractivity contribution in [2.45, 2.75) is 47.2 Å². The van der Waals surface area contributed by atoms with Gasteiger partial charge in [-0.25, -0.2) is 0 Å². The van der Waals surface area contributed by atoms with Gasteiger partial charge in [-0.05, 0) is 24.3 Å². The van der Waals surface area contributed by atoms with E-state index in [1.54, 1.807) is 16.0 Å². The highest BCUT2D eigenvalue weighted by Gasteiger charge is 2.34. The highest BCUT2D eigenvalue weighted by molar-refractivity contribution is 6.95. The lowest BCUT2D eigenvalue weighted by atomic mass is 9.87. The highest BCUT2D eigenvalue weighted by atomic mass is 28.3. The molecule has 0 radical (unpaired) electrons. The molecular formula is C18H26Si. The lowest BCUT2D eigenvalue weighted by Gasteiger charge is -2.31. The minimum Gasteiger partial charge on any atom is -0.0805 e. The largest absolute Gasteiger partial charge is 0.108 e. The van der Waals surface area contributed by atoms with Gasteiger partial charge in [-0.1, -0.05) is 86.2 Å². The van der Waals surface area contributed by atoms with Crippen LogP contribution in [0.2, 0.25) is 13.1 Å². The van der Waals surface area contributed by atoms with E-state index in [1.807, 2.05) is 0 Å². The first-order chi connectivity index (χ1) is 8.73. The molecule has 0 bridgehead atoms. The Hall–Kier alpha value is -1.08. The van der Waals surface area contributed by atoms with Crippen LogP contribution in [0.3, 0.4) is 0 Å². The van der Waals surface area contributed by atoms with Crippen LogP contribution < -0.4 is 5.19 Å². The molecule has 0 fully saturated rings. The molecular weight excluding hydrogens is 244 g/mol. The summed E-state index contributed by atoms with van der Waals surface area (Å²) in [6, 6.07) is 9.19. The van der Waals surface area contributed by atoms with Crippen molar-refractivity contribution in [3.8, 4) is 0 Å². The van der Waals surface area contributed by atoms with Crippen LogP contribution in [-0.4, -0.2) is 8.07 Å². The van der Waals surface area contributed by atoms with Gasteiger partial charge in [0, 0.05) is 0 Å². The third-order valence-electron chi connectivity index (χ3n) is 4.27. The Labute approximate surface area is 119 Å². The Morgan fingerprint density at radius 1 is 1.00 bits per heavy atom. The molecule has 0 atom stereocenters. The normalized spacial score (nSPS) is 16.3. The third kappa shape index (κ3) is 2.76. The van der Waals surface area contributed by atoms with Gasteiger partial charge < -0.3 is 0 Å². The fourth-order valence-electron chi connectivity index (χ4n) is 2.94. The zero-order chi connectivity index (χ0) is 14.3. The summed E-state index contributed by atoms with van der Waals surface area (Å²) in [5.74, 6) is 0. The number of allylic oxidation sites excluding steroid dienone is 4. The Morgan fingerprint density at radius 3 is 2.11 bits per heavy atom. The van der Waals surface area contributed by atoms with E-state index in [2.05, 4.69) is 77.2 Å². The standard InChI is InChI=1S/C18H26Si/c1-14-10-12-15(13-11-14)19(5,6)17-9-7-8-16(17)18(2,3)4/h7-8,10-13H,9H2,1-6H3. The predicted molar refractivity (Wildman–Crippen MR) is 88.5 cm³/mol.